The van der Waals surface area contributed by atoms with Gasteiger partial charge in [-0.15, -0.1) is 6.58 Å². The number of hydrogen-bond acceptors (Lipinski definition) is 6. The van der Waals surface area contributed by atoms with Crippen LogP contribution >= 0.6 is 11.3 Å². The first-order valence-corrected chi connectivity index (χ1v) is 11.9. The van der Waals surface area contributed by atoms with E-state index in [1.165, 1.54) is 11.3 Å². The van der Waals surface area contributed by atoms with Gasteiger partial charge in [-0.2, -0.15) is 11.3 Å². The Morgan fingerprint density at radius 3 is 2.59 bits per heavy atom. The second-order valence-electron chi connectivity index (χ2n) is 8.18. The number of thiophene rings is 1. The van der Waals surface area contributed by atoms with E-state index >= 15 is 0 Å². The summed E-state index contributed by atoms with van der Waals surface area (Å²) in [5.74, 6) is -0.309. The maximum Gasteiger partial charge on any atom is 0.338 e. The van der Waals surface area contributed by atoms with Crippen LogP contribution in [0, 0.1) is 5.92 Å². The summed E-state index contributed by atoms with van der Waals surface area (Å²) in [5, 5.41) is 6.81. The lowest BCUT2D eigenvalue weighted by Gasteiger charge is -2.40. The minimum atomic E-state index is -0.562. The Kier molecular flexibility index (Phi) is 8.09. The lowest BCUT2D eigenvalue weighted by atomic mass is 9.96. The normalized spacial score (nSPS) is 19.9. The van der Waals surface area contributed by atoms with Crippen LogP contribution in [0.2, 0.25) is 0 Å². The van der Waals surface area contributed by atoms with E-state index in [0.717, 1.165) is 5.56 Å². The molecule has 0 spiro atoms. The summed E-state index contributed by atoms with van der Waals surface area (Å²) in [6.45, 7) is 12.9. The number of urea groups is 1. The van der Waals surface area contributed by atoms with Gasteiger partial charge in [0.2, 0.25) is 5.91 Å². The smallest absolute Gasteiger partial charge is 0.338 e. The number of carbonyl (C=O) groups is 3. The Morgan fingerprint density at radius 2 is 2.03 bits per heavy atom. The van der Waals surface area contributed by atoms with Gasteiger partial charge in [-0.1, -0.05) is 19.9 Å². The lowest BCUT2D eigenvalue weighted by Crippen LogP contribution is -2.54. The zero-order valence-corrected chi connectivity index (χ0v) is 19.8. The van der Waals surface area contributed by atoms with E-state index in [-0.39, 0.29) is 31.0 Å². The molecule has 1 atom stereocenters. The van der Waals surface area contributed by atoms with Gasteiger partial charge in [0.25, 0.3) is 0 Å². The standard InChI is InChI=1S/C23H32N4O4S/c1-5-8-27-18(14-25-9-11-26(12-10-25)21(28)16(3)4)19(22(29)31-6-2)20(24-23(27)30)17-7-13-32-15-17/h5,7,13,15-16,20H,1,6,8-12,14H2,2-4H3,(H,24,30)/t20-/m0/s1. The lowest BCUT2D eigenvalue weighted by molar-refractivity contribution is -0.139. The average molecular weight is 461 g/mol. The molecule has 0 saturated carbocycles. The molecule has 8 nitrogen and oxygen atoms in total. The van der Waals surface area contributed by atoms with Gasteiger partial charge in [0, 0.05) is 50.9 Å². The van der Waals surface area contributed by atoms with Crippen LogP contribution in [-0.4, -0.2) is 78.5 Å². The third-order valence-electron chi connectivity index (χ3n) is 5.67. The summed E-state index contributed by atoms with van der Waals surface area (Å²) < 4.78 is 5.40. The Hall–Kier alpha value is -2.65. The first-order chi connectivity index (χ1) is 15.4. The molecular formula is C23H32N4O4S. The van der Waals surface area contributed by atoms with E-state index < -0.39 is 12.0 Å². The molecule has 1 saturated heterocycles. The molecule has 2 aliphatic rings. The SMILES string of the molecule is C=CCN1C(=O)N[C@@H](c2ccsc2)C(C(=O)OCC)=C1CN1CCN(C(=O)C(C)C)CC1. The van der Waals surface area contributed by atoms with Crippen molar-refractivity contribution in [2.24, 2.45) is 5.92 Å². The summed E-state index contributed by atoms with van der Waals surface area (Å²) >= 11 is 1.51. The van der Waals surface area contributed by atoms with Gasteiger partial charge in [0.15, 0.2) is 0 Å². The molecule has 0 unspecified atom stereocenters. The second-order valence-corrected chi connectivity index (χ2v) is 8.96. The Balaban J connectivity index is 1.93. The third kappa shape index (κ3) is 5.21. The number of hydrogen-bond donors (Lipinski definition) is 1. The van der Waals surface area contributed by atoms with Gasteiger partial charge in [-0.25, -0.2) is 9.59 Å². The highest BCUT2D eigenvalue weighted by Crippen LogP contribution is 2.33. The molecule has 3 rings (SSSR count). The fourth-order valence-electron chi connectivity index (χ4n) is 4.04. The molecule has 2 aliphatic heterocycles. The predicted octanol–water partition coefficient (Wildman–Crippen LogP) is 2.62. The van der Waals surface area contributed by atoms with Crippen LogP contribution < -0.4 is 5.32 Å². The van der Waals surface area contributed by atoms with E-state index in [2.05, 4.69) is 16.8 Å². The number of nitrogens with zero attached hydrogens (tertiary/aromatic N) is 3. The molecule has 1 N–H and O–H groups in total. The molecule has 0 radical (unpaired) electrons. The molecule has 1 aromatic rings. The van der Waals surface area contributed by atoms with Crippen LogP contribution in [0.15, 0.2) is 40.8 Å². The van der Waals surface area contributed by atoms with Crippen LogP contribution in [0.25, 0.3) is 0 Å². The highest BCUT2D eigenvalue weighted by molar-refractivity contribution is 7.08. The fraction of sp³-hybridized carbons (Fsp3) is 0.522. The van der Waals surface area contributed by atoms with Gasteiger partial charge in [0.05, 0.1) is 18.2 Å². The molecule has 1 aromatic heterocycles. The van der Waals surface area contributed by atoms with E-state index in [4.69, 9.17) is 4.74 Å². The quantitative estimate of drug-likeness (QED) is 0.476. The van der Waals surface area contributed by atoms with Crippen LogP contribution in [-0.2, 0) is 14.3 Å². The summed E-state index contributed by atoms with van der Waals surface area (Å²) in [7, 11) is 0. The zero-order valence-electron chi connectivity index (χ0n) is 19.0. The molecule has 9 heteroatoms. The molecule has 0 aliphatic carbocycles. The molecule has 3 amide bonds. The number of piperazine rings is 1. The predicted molar refractivity (Wildman–Crippen MR) is 124 cm³/mol. The minimum absolute atomic E-state index is 0.0313. The van der Waals surface area contributed by atoms with E-state index in [1.807, 2.05) is 35.6 Å². The highest BCUT2D eigenvalue weighted by Gasteiger charge is 2.39. The van der Waals surface area contributed by atoms with Crippen LogP contribution in [0.3, 0.4) is 0 Å². The van der Waals surface area contributed by atoms with Crippen molar-refractivity contribution in [3.63, 3.8) is 0 Å². The largest absolute Gasteiger partial charge is 0.463 e. The monoisotopic (exact) mass is 460 g/mol. The minimum Gasteiger partial charge on any atom is -0.463 e. The Bertz CT molecular complexity index is 873. The van der Waals surface area contributed by atoms with Gasteiger partial charge in [-0.3, -0.25) is 14.6 Å². The number of nitrogens with one attached hydrogen (secondary N) is 1. The van der Waals surface area contributed by atoms with Crippen LogP contribution in [0.4, 0.5) is 4.79 Å². The topological polar surface area (TPSA) is 82.2 Å². The Labute approximate surface area is 193 Å². The van der Waals surface area contributed by atoms with Crippen molar-refractivity contribution >= 4 is 29.2 Å². The van der Waals surface area contributed by atoms with E-state index in [1.54, 1.807) is 17.9 Å². The second kappa shape index (κ2) is 10.8. The van der Waals surface area contributed by atoms with Gasteiger partial charge in [-0.05, 0) is 29.3 Å². The van der Waals surface area contributed by atoms with Crippen molar-refractivity contribution in [1.82, 2.24) is 20.0 Å². The number of carbonyl (C=O) groups excluding carboxylic acids is 3. The zero-order chi connectivity index (χ0) is 23.3. The van der Waals surface area contributed by atoms with E-state index in [0.29, 0.717) is 44.0 Å². The first kappa shape index (κ1) is 24.0. The van der Waals surface area contributed by atoms with Crippen LogP contribution in [0.5, 0.6) is 0 Å². The number of amides is 3. The van der Waals surface area contributed by atoms with Gasteiger partial charge >= 0.3 is 12.0 Å². The summed E-state index contributed by atoms with van der Waals surface area (Å²) in [6, 6.07) is 1.08. The summed E-state index contributed by atoms with van der Waals surface area (Å²) in [6.07, 6.45) is 1.65. The molecule has 3 heterocycles. The highest BCUT2D eigenvalue weighted by atomic mass is 32.1. The number of ether oxygens (including phenoxy) is 1. The first-order valence-electron chi connectivity index (χ1n) is 11.0. The molecule has 0 bridgehead atoms. The third-order valence-corrected chi connectivity index (χ3v) is 6.37. The number of esters is 1. The van der Waals surface area contributed by atoms with Gasteiger partial charge in [0.1, 0.15) is 0 Å². The Morgan fingerprint density at radius 1 is 1.31 bits per heavy atom. The summed E-state index contributed by atoms with van der Waals surface area (Å²) in [4.78, 5) is 44.0. The molecule has 1 fully saturated rings. The molecular weight excluding hydrogens is 428 g/mol. The maximum atomic E-state index is 13.1. The molecule has 32 heavy (non-hydrogen) atoms. The van der Waals surface area contributed by atoms with Crippen molar-refractivity contribution in [3.05, 3.63) is 46.3 Å². The number of rotatable bonds is 8. The average Bonchev–Trinajstić information content (AvgIpc) is 3.31. The van der Waals surface area contributed by atoms with Crippen molar-refractivity contribution in [3.8, 4) is 0 Å². The van der Waals surface area contributed by atoms with Crippen molar-refractivity contribution in [2.45, 2.75) is 26.8 Å². The van der Waals surface area contributed by atoms with Gasteiger partial charge < -0.3 is 15.0 Å². The molecule has 0 aromatic carbocycles. The van der Waals surface area contributed by atoms with Crippen molar-refractivity contribution < 1.29 is 19.1 Å². The van der Waals surface area contributed by atoms with Crippen molar-refractivity contribution in [2.75, 3.05) is 45.9 Å². The fourth-order valence-corrected chi connectivity index (χ4v) is 4.72. The maximum absolute atomic E-state index is 13.1. The van der Waals surface area contributed by atoms with E-state index in [9.17, 15) is 14.4 Å². The summed E-state index contributed by atoms with van der Waals surface area (Å²) in [5.41, 5.74) is 1.94. The molecule has 174 valence electrons. The van der Waals surface area contributed by atoms with Crippen LogP contribution in [0.1, 0.15) is 32.4 Å². The van der Waals surface area contributed by atoms with Crippen molar-refractivity contribution in [1.29, 1.82) is 0 Å².